The molecule has 4 aromatic rings. The van der Waals surface area contributed by atoms with Crippen LogP contribution in [-0.4, -0.2) is 20.7 Å². The van der Waals surface area contributed by atoms with E-state index in [2.05, 4.69) is 15.5 Å². The SMILES string of the molecule is Cc1ccccc1C(=O)NC(C)c1nnc(SCc2ccc(F)cc2)n1-c1cc(Cl)ccc1C. The number of thioether (sulfide) groups is 1. The number of carbonyl (C=O) groups excluding carboxylic acids is 1. The Morgan fingerprint density at radius 2 is 1.79 bits per heavy atom. The van der Waals surface area contributed by atoms with Crippen LogP contribution >= 0.6 is 23.4 Å². The van der Waals surface area contributed by atoms with Crippen molar-refractivity contribution in [2.24, 2.45) is 0 Å². The van der Waals surface area contributed by atoms with Crippen LogP contribution in [0, 0.1) is 19.7 Å². The minimum absolute atomic E-state index is 0.177. The zero-order chi connectivity index (χ0) is 24.2. The minimum atomic E-state index is -0.418. The smallest absolute Gasteiger partial charge is 0.252 e. The third-order valence-electron chi connectivity index (χ3n) is 5.48. The van der Waals surface area contributed by atoms with E-state index < -0.39 is 6.04 Å². The maximum absolute atomic E-state index is 13.3. The molecule has 1 unspecified atom stereocenters. The predicted molar refractivity (Wildman–Crippen MR) is 134 cm³/mol. The van der Waals surface area contributed by atoms with Crippen molar-refractivity contribution < 1.29 is 9.18 Å². The molecular weight excluding hydrogens is 471 g/mol. The van der Waals surface area contributed by atoms with Crippen LogP contribution in [0.15, 0.2) is 71.9 Å². The van der Waals surface area contributed by atoms with Gasteiger partial charge in [0.1, 0.15) is 5.82 Å². The molecule has 1 atom stereocenters. The predicted octanol–water partition coefficient (Wildman–Crippen LogP) is 6.46. The highest BCUT2D eigenvalue weighted by Crippen LogP contribution is 2.30. The molecule has 0 spiro atoms. The summed E-state index contributed by atoms with van der Waals surface area (Å²) in [6.45, 7) is 5.77. The van der Waals surface area contributed by atoms with Gasteiger partial charge < -0.3 is 5.32 Å². The van der Waals surface area contributed by atoms with Gasteiger partial charge in [0, 0.05) is 16.3 Å². The summed E-state index contributed by atoms with van der Waals surface area (Å²) in [4.78, 5) is 12.9. The van der Waals surface area contributed by atoms with Crippen LogP contribution in [0.1, 0.15) is 45.8 Å². The summed E-state index contributed by atoms with van der Waals surface area (Å²) in [7, 11) is 0. The normalized spacial score (nSPS) is 11.9. The lowest BCUT2D eigenvalue weighted by Gasteiger charge is -2.18. The van der Waals surface area contributed by atoms with Gasteiger partial charge in [-0.1, -0.05) is 59.8 Å². The Hall–Kier alpha value is -3.16. The zero-order valence-electron chi connectivity index (χ0n) is 19.0. The maximum atomic E-state index is 13.3. The van der Waals surface area contributed by atoms with Crippen molar-refractivity contribution in [2.75, 3.05) is 0 Å². The van der Waals surface area contributed by atoms with Crippen LogP contribution in [0.4, 0.5) is 4.39 Å². The topological polar surface area (TPSA) is 59.8 Å². The summed E-state index contributed by atoms with van der Waals surface area (Å²) in [5.74, 6) is 0.728. The largest absolute Gasteiger partial charge is 0.342 e. The summed E-state index contributed by atoms with van der Waals surface area (Å²) >= 11 is 7.80. The average molecular weight is 495 g/mol. The minimum Gasteiger partial charge on any atom is -0.342 e. The zero-order valence-corrected chi connectivity index (χ0v) is 20.6. The van der Waals surface area contributed by atoms with E-state index in [1.165, 1.54) is 23.9 Å². The molecule has 0 radical (unpaired) electrons. The Kier molecular flexibility index (Phi) is 7.34. The third-order valence-corrected chi connectivity index (χ3v) is 6.71. The lowest BCUT2D eigenvalue weighted by atomic mass is 10.1. The highest BCUT2D eigenvalue weighted by molar-refractivity contribution is 7.98. The Bertz CT molecular complexity index is 1320. The Morgan fingerprint density at radius 1 is 1.06 bits per heavy atom. The molecule has 0 bridgehead atoms. The summed E-state index contributed by atoms with van der Waals surface area (Å²) in [5.41, 5.74) is 4.31. The van der Waals surface area contributed by atoms with E-state index >= 15 is 0 Å². The number of carbonyl (C=O) groups is 1. The molecule has 34 heavy (non-hydrogen) atoms. The molecule has 1 N–H and O–H groups in total. The second-order valence-corrected chi connectivity index (χ2v) is 9.41. The van der Waals surface area contributed by atoms with Gasteiger partial charge in [0.25, 0.3) is 5.91 Å². The molecule has 5 nitrogen and oxygen atoms in total. The van der Waals surface area contributed by atoms with Crippen molar-refractivity contribution in [3.63, 3.8) is 0 Å². The van der Waals surface area contributed by atoms with Crippen molar-refractivity contribution in [3.8, 4) is 5.69 Å². The van der Waals surface area contributed by atoms with Gasteiger partial charge in [0.2, 0.25) is 0 Å². The molecule has 4 rings (SSSR count). The number of aromatic nitrogens is 3. The highest BCUT2D eigenvalue weighted by atomic mass is 35.5. The van der Waals surface area contributed by atoms with E-state index in [4.69, 9.17) is 11.6 Å². The van der Waals surface area contributed by atoms with Crippen molar-refractivity contribution in [1.29, 1.82) is 0 Å². The molecule has 1 amide bonds. The Morgan fingerprint density at radius 3 is 2.53 bits per heavy atom. The van der Waals surface area contributed by atoms with Crippen LogP contribution in [0.3, 0.4) is 0 Å². The van der Waals surface area contributed by atoms with Crippen molar-refractivity contribution >= 4 is 29.3 Å². The van der Waals surface area contributed by atoms with E-state index in [0.717, 1.165) is 22.4 Å². The summed E-state index contributed by atoms with van der Waals surface area (Å²) in [6, 6.07) is 19.0. The van der Waals surface area contributed by atoms with Crippen LogP contribution in [0.2, 0.25) is 5.02 Å². The molecule has 0 saturated carbocycles. The molecule has 0 aliphatic rings. The number of halogens is 2. The quantitative estimate of drug-likeness (QED) is 0.299. The lowest BCUT2D eigenvalue weighted by Crippen LogP contribution is -2.29. The molecule has 0 fully saturated rings. The van der Waals surface area contributed by atoms with Crippen molar-refractivity contribution in [1.82, 2.24) is 20.1 Å². The number of hydrogen-bond acceptors (Lipinski definition) is 4. The fourth-order valence-electron chi connectivity index (χ4n) is 3.60. The van der Waals surface area contributed by atoms with Gasteiger partial charge in [0.05, 0.1) is 11.7 Å². The number of nitrogens with one attached hydrogen (secondary N) is 1. The first-order valence-electron chi connectivity index (χ1n) is 10.8. The molecule has 1 heterocycles. The van der Waals surface area contributed by atoms with Gasteiger partial charge in [-0.25, -0.2) is 4.39 Å². The van der Waals surface area contributed by atoms with Gasteiger partial charge in [-0.3, -0.25) is 9.36 Å². The van der Waals surface area contributed by atoms with Crippen molar-refractivity contribution in [3.05, 3.63) is 106 Å². The molecule has 1 aromatic heterocycles. The van der Waals surface area contributed by atoms with E-state index in [0.29, 0.717) is 27.3 Å². The van der Waals surface area contributed by atoms with Gasteiger partial charge in [-0.2, -0.15) is 0 Å². The number of amides is 1. The molecule has 0 aliphatic heterocycles. The number of nitrogens with zero attached hydrogens (tertiary/aromatic N) is 3. The van der Waals surface area contributed by atoms with E-state index in [1.807, 2.05) is 61.7 Å². The first kappa shape index (κ1) is 24.0. The third kappa shape index (κ3) is 5.32. The second-order valence-electron chi connectivity index (χ2n) is 8.03. The number of rotatable bonds is 7. The van der Waals surface area contributed by atoms with Crippen molar-refractivity contribution in [2.45, 2.75) is 37.7 Å². The van der Waals surface area contributed by atoms with Gasteiger partial charge >= 0.3 is 0 Å². The molecule has 0 saturated heterocycles. The first-order valence-corrected chi connectivity index (χ1v) is 12.2. The van der Waals surface area contributed by atoms with E-state index in [-0.39, 0.29) is 11.7 Å². The molecule has 8 heteroatoms. The van der Waals surface area contributed by atoms with E-state index in [1.54, 1.807) is 18.2 Å². The fourth-order valence-corrected chi connectivity index (χ4v) is 4.67. The van der Waals surface area contributed by atoms with E-state index in [9.17, 15) is 9.18 Å². The monoisotopic (exact) mass is 494 g/mol. The first-order chi connectivity index (χ1) is 16.3. The Balaban J connectivity index is 1.67. The van der Waals surface area contributed by atoms with Gasteiger partial charge in [-0.15, -0.1) is 10.2 Å². The Labute approximate surface area is 207 Å². The molecule has 174 valence electrons. The highest BCUT2D eigenvalue weighted by Gasteiger charge is 2.23. The molecule has 0 aliphatic carbocycles. The van der Waals surface area contributed by atoms with Crippen LogP contribution < -0.4 is 5.32 Å². The number of benzene rings is 3. The van der Waals surface area contributed by atoms with Gasteiger partial charge in [-0.05, 0) is 67.8 Å². The maximum Gasteiger partial charge on any atom is 0.252 e. The van der Waals surface area contributed by atoms with Crippen LogP contribution in [0.25, 0.3) is 5.69 Å². The van der Waals surface area contributed by atoms with Crippen LogP contribution in [-0.2, 0) is 5.75 Å². The molecular formula is C26H24ClFN4OS. The second kappa shape index (κ2) is 10.4. The lowest BCUT2D eigenvalue weighted by molar-refractivity contribution is 0.0937. The fraction of sp³-hybridized carbons (Fsp3) is 0.192. The standard InChI is InChI=1S/C26H24ClFN4OS/c1-16-6-4-5-7-22(16)25(33)29-18(3)24-30-31-26(34-15-19-9-12-21(28)13-10-19)32(24)23-14-20(27)11-8-17(23)2/h4-14,18H,15H2,1-3H3,(H,29,33). The summed E-state index contributed by atoms with van der Waals surface area (Å²) in [6.07, 6.45) is 0. The summed E-state index contributed by atoms with van der Waals surface area (Å²) in [5, 5.41) is 13.1. The number of aryl methyl sites for hydroxylation is 2. The molecule has 3 aromatic carbocycles. The summed E-state index contributed by atoms with van der Waals surface area (Å²) < 4.78 is 15.2. The average Bonchev–Trinajstić information content (AvgIpc) is 3.24. The van der Waals surface area contributed by atoms with Crippen LogP contribution in [0.5, 0.6) is 0 Å². The number of hydrogen-bond donors (Lipinski definition) is 1. The van der Waals surface area contributed by atoms with Gasteiger partial charge in [0.15, 0.2) is 11.0 Å².